The Morgan fingerprint density at radius 3 is 2.43 bits per heavy atom. The van der Waals surface area contributed by atoms with Gasteiger partial charge in [0.25, 0.3) is 0 Å². The van der Waals surface area contributed by atoms with E-state index >= 15 is 0 Å². The Bertz CT molecular complexity index is 1600. The lowest BCUT2D eigenvalue weighted by Gasteiger charge is -2.35. The molecule has 42 heavy (non-hydrogen) atoms. The summed E-state index contributed by atoms with van der Waals surface area (Å²) in [6.45, 7) is 2.84. The van der Waals surface area contributed by atoms with Gasteiger partial charge in [-0.25, -0.2) is 18.1 Å². The fourth-order valence-corrected chi connectivity index (χ4v) is 7.15. The van der Waals surface area contributed by atoms with Gasteiger partial charge >= 0.3 is 0 Å². The van der Waals surface area contributed by atoms with E-state index in [-0.39, 0.29) is 19.3 Å². The third-order valence-electron chi connectivity index (χ3n) is 7.30. The summed E-state index contributed by atoms with van der Waals surface area (Å²) in [6.07, 6.45) is 2.67. The molecule has 3 aromatic carbocycles. The van der Waals surface area contributed by atoms with E-state index in [1.165, 1.54) is 6.33 Å². The Morgan fingerprint density at radius 1 is 0.976 bits per heavy atom. The average Bonchev–Trinajstić information content (AvgIpc) is 3.67. The van der Waals surface area contributed by atoms with Gasteiger partial charge in [0.15, 0.2) is 0 Å². The van der Waals surface area contributed by atoms with Crippen molar-refractivity contribution in [2.24, 2.45) is 0 Å². The van der Waals surface area contributed by atoms with Crippen molar-refractivity contribution in [3.8, 4) is 5.75 Å². The molecule has 0 N–H and O–H groups in total. The van der Waals surface area contributed by atoms with Gasteiger partial charge in [0.1, 0.15) is 37.7 Å². The zero-order valence-electron chi connectivity index (χ0n) is 22.6. The van der Waals surface area contributed by atoms with Crippen LogP contribution in [0.25, 0.3) is 0 Å². The second kappa shape index (κ2) is 12.2. The highest BCUT2D eigenvalue weighted by Gasteiger charge is 2.45. The molecule has 2 aliphatic heterocycles. The standard InChI is InChI=1S/C29H29Cl2N5O5S/c30-22-6-11-27(28(31)16-22)29(19-35-21-32-20-33-35)40-18-25(41-29)17-39-24-9-7-23(8-10-24)34-12-14-36(15-13-34)42(37,38)26-4-2-1-3-5-26/h1-11,16,20-21,25H,12-15,17-19H2. The van der Waals surface area contributed by atoms with Crippen LogP contribution in [0.1, 0.15) is 5.56 Å². The van der Waals surface area contributed by atoms with E-state index in [9.17, 15) is 8.42 Å². The zero-order valence-corrected chi connectivity index (χ0v) is 24.9. The lowest BCUT2D eigenvalue weighted by molar-refractivity contribution is -0.190. The Balaban J connectivity index is 1.06. The number of ether oxygens (including phenoxy) is 3. The van der Waals surface area contributed by atoms with Gasteiger partial charge in [-0.05, 0) is 48.5 Å². The highest BCUT2D eigenvalue weighted by molar-refractivity contribution is 7.89. The molecular formula is C29H29Cl2N5O5S. The van der Waals surface area contributed by atoms with Gasteiger partial charge in [-0.3, -0.25) is 0 Å². The summed E-state index contributed by atoms with van der Waals surface area (Å²) in [4.78, 5) is 6.51. The normalized spacial score (nSPS) is 21.5. The van der Waals surface area contributed by atoms with Crippen LogP contribution in [0.4, 0.5) is 5.69 Å². The third-order valence-corrected chi connectivity index (χ3v) is 9.76. The van der Waals surface area contributed by atoms with Crippen molar-refractivity contribution in [2.45, 2.75) is 23.3 Å². The molecule has 2 fully saturated rings. The highest BCUT2D eigenvalue weighted by Crippen LogP contribution is 2.40. The van der Waals surface area contributed by atoms with E-state index < -0.39 is 15.8 Å². The first-order valence-corrected chi connectivity index (χ1v) is 15.6. The SMILES string of the molecule is O=S(=O)(c1ccccc1)N1CCN(c2ccc(OCC3COC(Cn4cncn4)(c4ccc(Cl)cc4Cl)O3)cc2)CC1. The number of benzene rings is 3. The second-order valence-electron chi connectivity index (χ2n) is 10.0. The summed E-state index contributed by atoms with van der Waals surface area (Å²) >= 11 is 12.7. The van der Waals surface area contributed by atoms with Crippen LogP contribution < -0.4 is 9.64 Å². The first-order chi connectivity index (χ1) is 20.3. The molecule has 13 heteroatoms. The average molecular weight is 631 g/mol. The van der Waals surface area contributed by atoms with Crippen LogP contribution >= 0.6 is 23.2 Å². The Kier molecular flexibility index (Phi) is 8.39. The van der Waals surface area contributed by atoms with Crippen molar-refractivity contribution in [3.63, 3.8) is 0 Å². The minimum Gasteiger partial charge on any atom is -0.491 e. The molecule has 0 bridgehead atoms. The maximum atomic E-state index is 12.9. The van der Waals surface area contributed by atoms with E-state index in [0.29, 0.717) is 59.0 Å². The van der Waals surface area contributed by atoms with Crippen LogP contribution in [0.3, 0.4) is 0 Å². The highest BCUT2D eigenvalue weighted by atomic mass is 35.5. The molecule has 6 rings (SSSR count). The number of piperazine rings is 1. The largest absolute Gasteiger partial charge is 0.491 e. The van der Waals surface area contributed by atoms with Crippen LogP contribution in [-0.4, -0.2) is 73.0 Å². The molecule has 0 radical (unpaired) electrons. The van der Waals surface area contributed by atoms with Gasteiger partial charge in [0, 0.05) is 42.5 Å². The molecule has 2 atom stereocenters. The molecule has 2 unspecified atom stereocenters. The second-order valence-corrected chi connectivity index (χ2v) is 12.8. The fraction of sp³-hybridized carbons (Fsp3) is 0.310. The summed E-state index contributed by atoms with van der Waals surface area (Å²) in [5, 5.41) is 5.14. The summed E-state index contributed by atoms with van der Waals surface area (Å²) < 4.78 is 47.7. The Morgan fingerprint density at radius 2 is 1.74 bits per heavy atom. The lowest BCUT2D eigenvalue weighted by Crippen LogP contribution is -2.48. The van der Waals surface area contributed by atoms with Gasteiger partial charge in [0.05, 0.1) is 16.5 Å². The van der Waals surface area contributed by atoms with Crippen LogP contribution in [0, 0.1) is 0 Å². The molecule has 0 saturated carbocycles. The van der Waals surface area contributed by atoms with E-state index in [1.54, 1.807) is 57.8 Å². The quantitative estimate of drug-likeness (QED) is 0.268. The number of sulfonamides is 1. The van der Waals surface area contributed by atoms with Crippen LogP contribution in [0.2, 0.25) is 10.0 Å². The maximum Gasteiger partial charge on any atom is 0.243 e. The van der Waals surface area contributed by atoms with Crippen molar-refractivity contribution < 1.29 is 22.6 Å². The molecule has 0 spiro atoms. The van der Waals surface area contributed by atoms with E-state index in [2.05, 4.69) is 15.0 Å². The van der Waals surface area contributed by atoms with Gasteiger partial charge in [-0.15, -0.1) is 0 Å². The van der Waals surface area contributed by atoms with Crippen LogP contribution in [-0.2, 0) is 31.8 Å². The van der Waals surface area contributed by atoms with Crippen LogP contribution in [0.5, 0.6) is 5.75 Å². The predicted octanol–water partition coefficient (Wildman–Crippen LogP) is 4.44. The number of nitrogens with zero attached hydrogens (tertiary/aromatic N) is 5. The van der Waals surface area contributed by atoms with Crippen LogP contribution in [0.15, 0.2) is 90.3 Å². The molecule has 1 aromatic heterocycles. The third kappa shape index (κ3) is 6.12. The molecule has 0 amide bonds. The fourth-order valence-electron chi connectivity index (χ4n) is 5.15. The molecule has 0 aliphatic carbocycles. The van der Waals surface area contributed by atoms with Gasteiger partial charge < -0.3 is 19.1 Å². The van der Waals surface area contributed by atoms with Crippen molar-refractivity contribution >= 4 is 38.9 Å². The molecule has 2 aliphatic rings. The minimum absolute atomic E-state index is 0.249. The van der Waals surface area contributed by atoms with Crippen molar-refractivity contribution in [2.75, 3.05) is 44.3 Å². The Hall–Kier alpha value is -3.19. The lowest BCUT2D eigenvalue weighted by atomic mass is 10.1. The molecule has 220 valence electrons. The van der Waals surface area contributed by atoms with Gasteiger partial charge in [-0.2, -0.15) is 9.40 Å². The summed E-state index contributed by atoms with van der Waals surface area (Å²) in [6, 6.07) is 21.5. The van der Waals surface area contributed by atoms with Gasteiger partial charge in [0.2, 0.25) is 15.8 Å². The molecule has 3 heterocycles. The molecule has 2 saturated heterocycles. The first-order valence-electron chi connectivity index (χ1n) is 13.5. The number of rotatable bonds is 9. The summed E-state index contributed by atoms with van der Waals surface area (Å²) in [7, 11) is -3.49. The zero-order chi connectivity index (χ0) is 29.2. The maximum absolute atomic E-state index is 12.9. The number of halogens is 2. The summed E-state index contributed by atoms with van der Waals surface area (Å²) in [5.74, 6) is -0.491. The molecular weight excluding hydrogens is 601 g/mol. The smallest absolute Gasteiger partial charge is 0.243 e. The van der Waals surface area contributed by atoms with E-state index in [4.69, 9.17) is 37.4 Å². The summed E-state index contributed by atoms with van der Waals surface area (Å²) in [5.41, 5.74) is 1.65. The number of hydrogen-bond acceptors (Lipinski definition) is 8. The Labute approximate surface area is 254 Å². The molecule has 10 nitrogen and oxygen atoms in total. The van der Waals surface area contributed by atoms with Crippen molar-refractivity contribution in [1.82, 2.24) is 19.1 Å². The van der Waals surface area contributed by atoms with Gasteiger partial charge in [-0.1, -0.05) is 47.5 Å². The van der Waals surface area contributed by atoms with Crippen molar-refractivity contribution in [1.29, 1.82) is 0 Å². The number of aromatic nitrogens is 3. The predicted molar refractivity (Wildman–Crippen MR) is 158 cm³/mol. The van der Waals surface area contributed by atoms with E-state index in [1.807, 2.05) is 30.3 Å². The number of hydrogen-bond donors (Lipinski definition) is 0. The molecule has 4 aromatic rings. The topological polar surface area (TPSA) is 99.0 Å². The van der Waals surface area contributed by atoms with E-state index in [0.717, 1.165) is 5.69 Å². The van der Waals surface area contributed by atoms with Crippen molar-refractivity contribution in [3.05, 3.63) is 101 Å². The first kappa shape index (κ1) is 28.9. The monoisotopic (exact) mass is 629 g/mol. The minimum atomic E-state index is -3.49. The number of anilines is 1.